The summed E-state index contributed by atoms with van der Waals surface area (Å²) in [5.41, 5.74) is 1.50. The molecule has 4 aromatic rings. The maximum atomic E-state index is 12.4. The van der Waals surface area contributed by atoms with Crippen LogP contribution < -0.4 is 10.1 Å². The van der Waals surface area contributed by atoms with Crippen LogP contribution in [-0.2, 0) is 13.2 Å². The Morgan fingerprint density at radius 1 is 1.10 bits per heavy atom. The van der Waals surface area contributed by atoms with Gasteiger partial charge >= 0.3 is 0 Å². The van der Waals surface area contributed by atoms with Gasteiger partial charge in [-0.05, 0) is 42.0 Å². The van der Waals surface area contributed by atoms with Crippen LogP contribution in [-0.4, -0.2) is 15.7 Å². The highest BCUT2D eigenvalue weighted by Crippen LogP contribution is 2.20. The molecule has 0 aliphatic heterocycles. The number of rotatable bonds is 7. The monoisotopic (exact) mass is 441 g/mol. The van der Waals surface area contributed by atoms with Gasteiger partial charge in [0, 0.05) is 16.2 Å². The van der Waals surface area contributed by atoms with Crippen molar-refractivity contribution < 1.29 is 13.9 Å². The summed E-state index contributed by atoms with van der Waals surface area (Å²) in [5.74, 6) is 0.949. The van der Waals surface area contributed by atoms with Crippen molar-refractivity contribution >= 4 is 34.8 Å². The summed E-state index contributed by atoms with van der Waals surface area (Å²) in [4.78, 5) is 12.4. The van der Waals surface area contributed by atoms with Gasteiger partial charge in [0.1, 0.15) is 18.1 Å². The summed E-state index contributed by atoms with van der Waals surface area (Å²) < 4.78 is 12.9. The highest BCUT2D eigenvalue weighted by atomic mass is 35.5. The Labute approximate surface area is 183 Å². The Hall–Kier alpha value is -3.22. The molecule has 2 aromatic heterocycles. The third-order valence-electron chi connectivity index (χ3n) is 4.24. The van der Waals surface area contributed by atoms with Gasteiger partial charge in [0.25, 0.3) is 5.91 Å². The molecular formula is C22H17Cl2N3O3. The molecule has 0 radical (unpaired) electrons. The fourth-order valence-electron chi connectivity index (χ4n) is 2.80. The van der Waals surface area contributed by atoms with Crippen molar-refractivity contribution in [2.75, 3.05) is 5.32 Å². The number of nitrogens with zero attached hydrogens (tertiary/aromatic N) is 2. The first kappa shape index (κ1) is 20.1. The second-order valence-corrected chi connectivity index (χ2v) is 7.33. The molecule has 6 nitrogen and oxygen atoms in total. The lowest BCUT2D eigenvalue weighted by Crippen LogP contribution is -2.10. The van der Waals surface area contributed by atoms with Gasteiger partial charge in [0.05, 0.1) is 18.4 Å². The predicted molar refractivity (Wildman–Crippen MR) is 115 cm³/mol. The molecular weight excluding hydrogens is 425 g/mol. The van der Waals surface area contributed by atoms with Crippen molar-refractivity contribution in [3.63, 3.8) is 0 Å². The zero-order valence-electron chi connectivity index (χ0n) is 15.7. The first-order valence-corrected chi connectivity index (χ1v) is 9.87. The molecule has 0 spiro atoms. The van der Waals surface area contributed by atoms with Crippen LogP contribution >= 0.6 is 23.2 Å². The fraction of sp³-hybridized carbons (Fsp3) is 0.0909. The van der Waals surface area contributed by atoms with E-state index in [4.69, 9.17) is 32.4 Å². The zero-order chi connectivity index (χ0) is 20.9. The summed E-state index contributed by atoms with van der Waals surface area (Å²) in [6.45, 7) is 0.685. The van der Waals surface area contributed by atoms with Crippen LogP contribution in [0.1, 0.15) is 21.9 Å². The lowest BCUT2D eigenvalue weighted by atomic mass is 10.2. The van der Waals surface area contributed by atoms with Crippen LogP contribution in [0.3, 0.4) is 0 Å². The normalized spacial score (nSPS) is 10.7. The average Bonchev–Trinajstić information content (AvgIpc) is 3.38. The lowest BCUT2D eigenvalue weighted by molar-refractivity contribution is 0.0992. The molecule has 1 amide bonds. The van der Waals surface area contributed by atoms with Crippen molar-refractivity contribution in [3.05, 3.63) is 100 Å². The van der Waals surface area contributed by atoms with E-state index in [2.05, 4.69) is 10.4 Å². The average molecular weight is 442 g/mol. The number of hydrogen-bond donors (Lipinski definition) is 1. The molecule has 1 N–H and O–H groups in total. The van der Waals surface area contributed by atoms with E-state index < -0.39 is 0 Å². The van der Waals surface area contributed by atoms with Crippen molar-refractivity contribution in [1.82, 2.24) is 9.78 Å². The number of benzene rings is 2. The Balaban J connectivity index is 1.34. The van der Waals surface area contributed by atoms with E-state index in [1.165, 1.54) is 0 Å². The Bertz CT molecular complexity index is 1170. The Morgan fingerprint density at radius 2 is 1.97 bits per heavy atom. The maximum absolute atomic E-state index is 12.4. The topological polar surface area (TPSA) is 69.3 Å². The van der Waals surface area contributed by atoms with E-state index in [-0.39, 0.29) is 18.3 Å². The van der Waals surface area contributed by atoms with E-state index in [0.717, 1.165) is 5.56 Å². The van der Waals surface area contributed by atoms with Gasteiger partial charge in [-0.25, -0.2) is 0 Å². The number of carbonyl (C=O) groups excluding carboxylic acids is 1. The largest absolute Gasteiger partial charge is 0.486 e. The third-order valence-corrected chi connectivity index (χ3v) is 4.85. The molecule has 0 saturated carbocycles. The van der Waals surface area contributed by atoms with Crippen LogP contribution in [0.25, 0.3) is 0 Å². The first-order valence-electron chi connectivity index (χ1n) is 9.11. The van der Waals surface area contributed by atoms with Gasteiger partial charge in [-0.1, -0.05) is 47.5 Å². The van der Waals surface area contributed by atoms with Gasteiger partial charge in [0.2, 0.25) is 0 Å². The van der Waals surface area contributed by atoms with Crippen molar-refractivity contribution in [3.8, 4) is 5.75 Å². The van der Waals surface area contributed by atoms with Crippen LogP contribution in [0.4, 0.5) is 5.69 Å². The third kappa shape index (κ3) is 5.03. The number of aromatic nitrogens is 2. The summed E-state index contributed by atoms with van der Waals surface area (Å²) in [5, 5.41) is 8.28. The number of nitrogens with one attached hydrogen (secondary N) is 1. The van der Waals surface area contributed by atoms with E-state index in [1.807, 2.05) is 24.3 Å². The number of carbonyl (C=O) groups is 1. The minimum absolute atomic E-state index is 0.179. The number of ether oxygens (including phenoxy) is 1. The predicted octanol–water partition coefficient (Wildman–Crippen LogP) is 5.66. The van der Waals surface area contributed by atoms with E-state index in [1.54, 1.807) is 53.5 Å². The molecule has 0 unspecified atom stereocenters. The minimum Gasteiger partial charge on any atom is -0.486 e. The highest BCUT2D eigenvalue weighted by molar-refractivity contribution is 6.31. The number of hydrogen-bond acceptors (Lipinski definition) is 4. The Morgan fingerprint density at radius 3 is 2.80 bits per heavy atom. The SMILES string of the molecule is O=C(Nc1cnn(Cc2ccccc2Cl)c1)c1ccc(COc2cccc(Cl)c2)o1. The van der Waals surface area contributed by atoms with Crippen LogP contribution in [0, 0.1) is 0 Å². The summed E-state index contributed by atoms with van der Waals surface area (Å²) in [6.07, 6.45) is 3.30. The van der Waals surface area contributed by atoms with Gasteiger partial charge in [0.15, 0.2) is 5.76 Å². The number of anilines is 1. The summed E-state index contributed by atoms with van der Waals surface area (Å²) >= 11 is 12.1. The summed E-state index contributed by atoms with van der Waals surface area (Å²) in [7, 11) is 0. The quantitative estimate of drug-likeness (QED) is 0.401. The molecule has 0 fully saturated rings. The Kier molecular flexibility index (Phi) is 6.07. The minimum atomic E-state index is -0.374. The smallest absolute Gasteiger partial charge is 0.291 e. The van der Waals surface area contributed by atoms with Crippen molar-refractivity contribution in [2.45, 2.75) is 13.2 Å². The molecule has 8 heteroatoms. The molecule has 2 aromatic carbocycles. The second-order valence-electron chi connectivity index (χ2n) is 6.48. The van der Waals surface area contributed by atoms with Crippen molar-refractivity contribution in [1.29, 1.82) is 0 Å². The van der Waals surface area contributed by atoms with E-state index >= 15 is 0 Å². The number of halogens is 2. The molecule has 2 heterocycles. The van der Waals surface area contributed by atoms with E-state index in [9.17, 15) is 4.79 Å². The fourth-order valence-corrected chi connectivity index (χ4v) is 3.17. The molecule has 0 atom stereocenters. The first-order chi connectivity index (χ1) is 14.6. The summed E-state index contributed by atoms with van der Waals surface area (Å²) in [6, 6.07) is 17.9. The maximum Gasteiger partial charge on any atom is 0.291 e. The van der Waals surface area contributed by atoms with Gasteiger partial charge in [-0.2, -0.15) is 5.10 Å². The standard InChI is InChI=1S/C22H17Cl2N3O3/c23-16-5-3-6-18(10-16)29-14-19-8-9-21(30-19)22(28)26-17-11-25-27(13-17)12-15-4-1-2-7-20(15)24/h1-11,13H,12,14H2,(H,26,28). The molecule has 4 rings (SSSR count). The van der Waals surface area contributed by atoms with Crippen molar-refractivity contribution in [2.24, 2.45) is 0 Å². The van der Waals surface area contributed by atoms with E-state index in [0.29, 0.717) is 33.8 Å². The zero-order valence-corrected chi connectivity index (χ0v) is 17.2. The van der Waals surface area contributed by atoms with Gasteiger partial charge in [-0.3, -0.25) is 9.48 Å². The number of furan rings is 1. The van der Waals surface area contributed by atoms with Crippen LogP contribution in [0.5, 0.6) is 5.75 Å². The molecule has 0 saturated heterocycles. The van der Waals surface area contributed by atoms with Crippen LogP contribution in [0.2, 0.25) is 10.0 Å². The molecule has 152 valence electrons. The lowest BCUT2D eigenvalue weighted by Gasteiger charge is -2.04. The molecule has 30 heavy (non-hydrogen) atoms. The molecule has 0 bridgehead atoms. The highest BCUT2D eigenvalue weighted by Gasteiger charge is 2.13. The van der Waals surface area contributed by atoms with Crippen LogP contribution in [0.15, 0.2) is 77.5 Å². The molecule has 0 aliphatic carbocycles. The number of amides is 1. The molecule has 0 aliphatic rings. The van der Waals surface area contributed by atoms with Gasteiger partial charge in [-0.15, -0.1) is 0 Å². The van der Waals surface area contributed by atoms with Gasteiger partial charge < -0.3 is 14.5 Å². The second kappa shape index (κ2) is 9.07.